The molecule has 1 unspecified atom stereocenters. The molecule has 1 atom stereocenters. The fourth-order valence-corrected chi connectivity index (χ4v) is 3.16. The molecule has 96 valence electrons. The lowest BCUT2D eigenvalue weighted by Gasteiger charge is -2.13. The molecule has 5 heteroatoms. The van der Waals surface area contributed by atoms with E-state index in [2.05, 4.69) is 0 Å². The van der Waals surface area contributed by atoms with Crippen LogP contribution < -0.4 is 10.5 Å². The van der Waals surface area contributed by atoms with Crippen LogP contribution in [0.3, 0.4) is 0 Å². The monoisotopic (exact) mass is 257 g/mol. The Balaban J connectivity index is 2.79. The Kier molecular flexibility index (Phi) is 4.96. The van der Waals surface area contributed by atoms with Crippen molar-refractivity contribution in [2.24, 2.45) is 5.73 Å². The molecule has 1 rings (SSSR count). The van der Waals surface area contributed by atoms with Crippen molar-refractivity contribution < 1.29 is 13.2 Å². The van der Waals surface area contributed by atoms with Gasteiger partial charge in [-0.25, -0.2) is 8.42 Å². The Morgan fingerprint density at radius 1 is 1.41 bits per heavy atom. The maximum absolute atomic E-state index is 11.7. The van der Waals surface area contributed by atoms with Crippen LogP contribution in [0, 0.1) is 0 Å². The zero-order valence-corrected chi connectivity index (χ0v) is 11.0. The van der Waals surface area contributed by atoms with Crippen molar-refractivity contribution in [3.63, 3.8) is 0 Å². The van der Waals surface area contributed by atoms with E-state index in [-0.39, 0.29) is 11.5 Å². The molecule has 1 aromatic rings. The Labute approximate surface area is 103 Å². The number of hydrogen-bond donors (Lipinski definition) is 1. The van der Waals surface area contributed by atoms with Crippen LogP contribution in [-0.2, 0) is 9.84 Å². The number of ether oxygens (including phenoxy) is 1. The molecule has 17 heavy (non-hydrogen) atoms. The average molecular weight is 257 g/mol. The molecule has 0 aliphatic carbocycles. The molecule has 2 N–H and O–H groups in total. The van der Waals surface area contributed by atoms with Gasteiger partial charge in [-0.1, -0.05) is 19.1 Å². The minimum Gasteiger partial charge on any atom is -0.497 e. The van der Waals surface area contributed by atoms with Crippen molar-refractivity contribution in [2.45, 2.75) is 19.4 Å². The van der Waals surface area contributed by atoms with Gasteiger partial charge in [-0.2, -0.15) is 0 Å². The van der Waals surface area contributed by atoms with Gasteiger partial charge in [0.05, 0.1) is 12.9 Å². The summed E-state index contributed by atoms with van der Waals surface area (Å²) < 4.78 is 28.4. The highest BCUT2D eigenvalue weighted by molar-refractivity contribution is 7.91. The van der Waals surface area contributed by atoms with Gasteiger partial charge < -0.3 is 10.5 Å². The van der Waals surface area contributed by atoms with E-state index in [1.54, 1.807) is 25.3 Å². The highest BCUT2D eigenvalue weighted by atomic mass is 32.2. The summed E-state index contributed by atoms with van der Waals surface area (Å²) in [4.78, 5) is 0. The summed E-state index contributed by atoms with van der Waals surface area (Å²) in [7, 11) is -1.50. The van der Waals surface area contributed by atoms with Crippen molar-refractivity contribution in [1.29, 1.82) is 0 Å². The normalized spacial score (nSPS) is 13.4. The molecule has 4 nitrogen and oxygen atoms in total. The topological polar surface area (TPSA) is 69.4 Å². The smallest absolute Gasteiger partial charge is 0.152 e. The lowest BCUT2D eigenvalue weighted by atomic mass is 10.1. The van der Waals surface area contributed by atoms with Gasteiger partial charge in [-0.3, -0.25) is 0 Å². The second-order valence-electron chi connectivity index (χ2n) is 4.00. The SMILES string of the molecule is CCCS(=O)(=O)CC(N)c1cccc(OC)c1. The third-order valence-corrected chi connectivity index (χ3v) is 4.37. The summed E-state index contributed by atoms with van der Waals surface area (Å²) in [6.45, 7) is 1.84. The van der Waals surface area contributed by atoms with Crippen LogP contribution in [0.15, 0.2) is 24.3 Å². The van der Waals surface area contributed by atoms with E-state index in [1.807, 2.05) is 13.0 Å². The summed E-state index contributed by atoms with van der Waals surface area (Å²) in [5.74, 6) is 0.851. The minimum atomic E-state index is -3.06. The first-order chi connectivity index (χ1) is 7.98. The van der Waals surface area contributed by atoms with Crippen LogP contribution in [0.2, 0.25) is 0 Å². The summed E-state index contributed by atoms with van der Waals surface area (Å²) in [6.07, 6.45) is 0.618. The Bertz CT molecular complexity index is 457. The summed E-state index contributed by atoms with van der Waals surface area (Å²) >= 11 is 0. The molecule has 0 spiro atoms. The molecule has 0 fully saturated rings. The van der Waals surface area contributed by atoms with Crippen molar-refractivity contribution in [3.05, 3.63) is 29.8 Å². The van der Waals surface area contributed by atoms with E-state index in [9.17, 15) is 8.42 Å². The first-order valence-corrected chi connectivity index (χ1v) is 7.40. The Hall–Kier alpha value is -1.07. The van der Waals surface area contributed by atoms with E-state index in [4.69, 9.17) is 10.5 Å². The molecule has 0 heterocycles. The van der Waals surface area contributed by atoms with Crippen LogP contribution in [0.25, 0.3) is 0 Å². The summed E-state index contributed by atoms with van der Waals surface area (Å²) in [6, 6.07) is 6.69. The molecule has 0 radical (unpaired) electrons. The predicted octanol–water partition coefficient (Wildman–Crippen LogP) is 1.52. The maximum Gasteiger partial charge on any atom is 0.152 e. The van der Waals surface area contributed by atoms with E-state index < -0.39 is 15.9 Å². The first kappa shape index (κ1) is 14.0. The predicted molar refractivity (Wildman–Crippen MR) is 68.9 cm³/mol. The molecule has 0 bridgehead atoms. The largest absolute Gasteiger partial charge is 0.497 e. The summed E-state index contributed by atoms with van der Waals surface area (Å²) in [5.41, 5.74) is 6.68. The van der Waals surface area contributed by atoms with E-state index >= 15 is 0 Å². The van der Waals surface area contributed by atoms with E-state index in [0.717, 1.165) is 5.56 Å². The van der Waals surface area contributed by atoms with Crippen LogP contribution in [0.1, 0.15) is 24.9 Å². The Morgan fingerprint density at radius 3 is 2.71 bits per heavy atom. The van der Waals surface area contributed by atoms with Gasteiger partial charge in [0, 0.05) is 11.8 Å². The highest BCUT2D eigenvalue weighted by Gasteiger charge is 2.17. The molecule has 0 saturated heterocycles. The minimum absolute atomic E-state index is 0.0198. The van der Waals surface area contributed by atoms with Gasteiger partial charge in [-0.05, 0) is 24.1 Å². The van der Waals surface area contributed by atoms with Gasteiger partial charge in [0.2, 0.25) is 0 Å². The van der Waals surface area contributed by atoms with E-state index in [0.29, 0.717) is 12.2 Å². The number of methoxy groups -OCH3 is 1. The second-order valence-corrected chi connectivity index (χ2v) is 6.23. The molecular formula is C12H19NO3S. The number of hydrogen-bond acceptors (Lipinski definition) is 4. The van der Waals surface area contributed by atoms with Gasteiger partial charge in [-0.15, -0.1) is 0 Å². The van der Waals surface area contributed by atoms with Gasteiger partial charge in [0.25, 0.3) is 0 Å². The standard InChI is InChI=1S/C12H19NO3S/c1-3-7-17(14,15)9-12(13)10-5-4-6-11(8-10)16-2/h4-6,8,12H,3,7,9,13H2,1-2H3. The molecule has 1 aromatic carbocycles. The van der Waals surface area contributed by atoms with Crippen molar-refractivity contribution in [2.75, 3.05) is 18.6 Å². The van der Waals surface area contributed by atoms with E-state index in [1.165, 1.54) is 0 Å². The Morgan fingerprint density at radius 2 is 2.12 bits per heavy atom. The van der Waals surface area contributed by atoms with Crippen molar-refractivity contribution in [1.82, 2.24) is 0 Å². The third kappa shape index (κ3) is 4.36. The molecule has 0 amide bonds. The number of sulfone groups is 1. The average Bonchev–Trinajstić information content (AvgIpc) is 2.28. The maximum atomic E-state index is 11.7. The van der Waals surface area contributed by atoms with Crippen molar-refractivity contribution >= 4 is 9.84 Å². The number of nitrogens with two attached hydrogens (primary N) is 1. The van der Waals surface area contributed by atoms with Crippen molar-refractivity contribution in [3.8, 4) is 5.75 Å². The molecule has 0 aliphatic rings. The van der Waals surface area contributed by atoms with Gasteiger partial charge in [0.1, 0.15) is 5.75 Å². The molecular weight excluding hydrogens is 238 g/mol. The quantitative estimate of drug-likeness (QED) is 0.839. The fraction of sp³-hybridized carbons (Fsp3) is 0.500. The first-order valence-electron chi connectivity index (χ1n) is 5.58. The third-order valence-electron chi connectivity index (χ3n) is 2.47. The highest BCUT2D eigenvalue weighted by Crippen LogP contribution is 2.19. The molecule has 0 aromatic heterocycles. The fourth-order valence-electron chi connectivity index (χ4n) is 1.64. The zero-order chi connectivity index (χ0) is 12.9. The lowest BCUT2D eigenvalue weighted by molar-refractivity contribution is 0.414. The second kappa shape index (κ2) is 6.02. The van der Waals surface area contributed by atoms with Crippen LogP contribution in [0.4, 0.5) is 0 Å². The molecule has 0 aliphatic heterocycles. The zero-order valence-electron chi connectivity index (χ0n) is 10.2. The molecule has 0 saturated carbocycles. The number of benzene rings is 1. The number of rotatable bonds is 6. The van der Waals surface area contributed by atoms with Gasteiger partial charge >= 0.3 is 0 Å². The van der Waals surface area contributed by atoms with Crippen LogP contribution in [-0.4, -0.2) is 27.0 Å². The van der Waals surface area contributed by atoms with Gasteiger partial charge in [0.15, 0.2) is 9.84 Å². The van der Waals surface area contributed by atoms with Crippen LogP contribution in [0.5, 0.6) is 5.75 Å². The van der Waals surface area contributed by atoms with Crippen LogP contribution >= 0.6 is 0 Å². The lowest BCUT2D eigenvalue weighted by Crippen LogP contribution is -2.23. The summed E-state index contributed by atoms with van der Waals surface area (Å²) in [5, 5.41) is 0.